The summed E-state index contributed by atoms with van der Waals surface area (Å²) in [5.74, 6) is 0. The molecule has 0 spiro atoms. The summed E-state index contributed by atoms with van der Waals surface area (Å²) in [7, 11) is -1.35. The van der Waals surface area contributed by atoms with E-state index in [2.05, 4.69) is 20.9 Å². The molecule has 18 heavy (non-hydrogen) atoms. The molecule has 1 aromatic carbocycles. The highest BCUT2D eigenvalue weighted by molar-refractivity contribution is 9.10. The smallest absolute Gasteiger partial charge is 0.423 e. The molecular formula is C13H15BBrNO2. The van der Waals surface area contributed by atoms with Crippen molar-refractivity contribution < 1.29 is 10.0 Å². The molecule has 0 atom stereocenters. The quantitative estimate of drug-likeness (QED) is 0.624. The second-order valence-corrected chi connectivity index (χ2v) is 4.65. The number of benzene rings is 1. The van der Waals surface area contributed by atoms with E-state index in [9.17, 15) is 0 Å². The Morgan fingerprint density at radius 3 is 2.22 bits per heavy atom. The Morgan fingerprint density at radius 2 is 1.83 bits per heavy atom. The topological polar surface area (TPSA) is 53.4 Å². The summed E-state index contributed by atoms with van der Waals surface area (Å²) >= 11 is 3.28. The molecule has 0 saturated carbocycles. The Kier molecular flexibility index (Phi) is 6.05. The van der Waals surface area contributed by atoms with Crippen LogP contribution in [0, 0.1) is 13.8 Å². The van der Waals surface area contributed by atoms with E-state index in [1.807, 2.05) is 32.0 Å². The zero-order valence-electron chi connectivity index (χ0n) is 10.3. The van der Waals surface area contributed by atoms with Crippen LogP contribution in [0.5, 0.6) is 0 Å². The molecule has 0 unspecified atom stereocenters. The highest BCUT2D eigenvalue weighted by Crippen LogP contribution is 2.09. The molecule has 3 nitrogen and oxygen atoms in total. The summed E-state index contributed by atoms with van der Waals surface area (Å²) in [6.07, 6.45) is 1.76. The van der Waals surface area contributed by atoms with Gasteiger partial charge in [-0.2, -0.15) is 0 Å². The van der Waals surface area contributed by atoms with Gasteiger partial charge in [-0.15, -0.1) is 0 Å². The molecule has 0 aliphatic heterocycles. The standard InChI is InChI=1S/C7H9BO2.C6H6BrN/c1-6-3-2-4-7(5-6)8(9)10;1-5-3-2-4-8-6(5)7/h2-5,9-10H,1H3;2-4H,1H3. The van der Waals surface area contributed by atoms with Crippen LogP contribution in [0.1, 0.15) is 11.1 Å². The van der Waals surface area contributed by atoms with Gasteiger partial charge in [0.2, 0.25) is 0 Å². The van der Waals surface area contributed by atoms with E-state index in [1.54, 1.807) is 24.4 Å². The maximum absolute atomic E-state index is 8.70. The number of rotatable bonds is 1. The summed E-state index contributed by atoms with van der Waals surface area (Å²) in [5, 5.41) is 17.4. The molecule has 94 valence electrons. The van der Waals surface area contributed by atoms with Gasteiger partial charge in [-0.25, -0.2) is 4.98 Å². The van der Waals surface area contributed by atoms with Crippen LogP contribution in [0.15, 0.2) is 47.2 Å². The third-order valence-corrected chi connectivity index (χ3v) is 3.12. The van der Waals surface area contributed by atoms with Gasteiger partial charge in [-0.05, 0) is 46.9 Å². The van der Waals surface area contributed by atoms with Crippen molar-refractivity contribution in [2.75, 3.05) is 0 Å². The van der Waals surface area contributed by atoms with Crippen molar-refractivity contribution in [3.05, 3.63) is 58.3 Å². The minimum atomic E-state index is -1.35. The third-order valence-electron chi connectivity index (χ3n) is 2.29. The van der Waals surface area contributed by atoms with Gasteiger partial charge in [0.1, 0.15) is 4.60 Å². The lowest BCUT2D eigenvalue weighted by atomic mass is 9.80. The first-order valence-electron chi connectivity index (χ1n) is 5.50. The van der Waals surface area contributed by atoms with Gasteiger partial charge in [-0.3, -0.25) is 0 Å². The minimum absolute atomic E-state index is 0.542. The summed E-state index contributed by atoms with van der Waals surface area (Å²) in [6.45, 7) is 3.92. The maximum atomic E-state index is 8.70. The zero-order chi connectivity index (χ0) is 13.5. The number of hydrogen-bond acceptors (Lipinski definition) is 3. The molecular weight excluding hydrogens is 293 g/mol. The van der Waals surface area contributed by atoms with Gasteiger partial charge in [0, 0.05) is 6.20 Å². The van der Waals surface area contributed by atoms with E-state index in [1.165, 1.54) is 5.56 Å². The van der Waals surface area contributed by atoms with Crippen LogP contribution in [0.2, 0.25) is 0 Å². The lowest BCUT2D eigenvalue weighted by Gasteiger charge is -1.98. The molecule has 0 fully saturated rings. The van der Waals surface area contributed by atoms with Crippen LogP contribution >= 0.6 is 15.9 Å². The number of nitrogens with zero attached hydrogens (tertiary/aromatic N) is 1. The van der Waals surface area contributed by atoms with Crippen LogP contribution in [0.3, 0.4) is 0 Å². The Hall–Kier alpha value is -1.17. The second-order valence-electron chi connectivity index (χ2n) is 3.90. The highest BCUT2D eigenvalue weighted by Gasteiger charge is 2.08. The van der Waals surface area contributed by atoms with E-state index in [0.717, 1.165) is 10.2 Å². The van der Waals surface area contributed by atoms with Crippen LogP contribution in [-0.2, 0) is 0 Å². The predicted octanol–water partition coefficient (Wildman–Crippen LogP) is 1.83. The molecule has 0 radical (unpaired) electrons. The molecule has 0 aliphatic carbocycles. The van der Waals surface area contributed by atoms with Gasteiger partial charge < -0.3 is 10.0 Å². The van der Waals surface area contributed by atoms with Gasteiger partial charge in [0.25, 0.3) is 0 Å². The van der Waals surface area contributed by atoms with Crippen molar-refractivity contribution >= 4 is 28.5 Å². The largest absolute Gasteiger partial charge is 0.488 e. The lowest BCUT2D eigenvalue weighted by molar-refractivity contribution is 0.425. The van der Waals surface area contributed by atoms with Crippen molar-refractivity contribution in [1.29, 1.82) is 0 Å². The van der Waals surface area contributed by atoms with E-state index in [-0.39, 0.29) is 0 Å². The molecule has 2 aromatic rings. The van der Waals surface area contributed by atoms with Crippen LogP contribution in [0.25, 0.3) is 0 Å². The van der Waals surface area contributed by atoms with Gasteiger partial charge in [0.05, 0.1) is 0 Å². The number of pyridine rings is 1. The molecule has 5 heteroatoms. The van der Waals surface area contributed by atoms with Gasteiger partial charge in [0.15, 0.2) is 0 Å². The highest BCUT2D eigenvalue weighted by atomic mass is 79.9. The Bertz CT molecular complexity index is 485. The molecule has 2 rings (SSSR count). The molecule has 0 aliphatic rings. The number of aromatic nitrogens is 1. The van der Waals surface area contributed by atoms with Crippen molar-refractivity contribution in [2.45, 2.75) is 13.8 Å². The summed E-state index contributed by atoms with van der Waals surface area (Å²) in [4.78, 5) is 4.00. The second kappa shape index (κ2) is 7.31. The average molecular weight is 308 g/mol. The molecule has 2 N–H and O–H groups in total. The van der Waals surface area contributed by atoms with E-state index in [4.69, 9.17) is 10.0 Å². The van der Waals surface area contributed by atoms with Gasteiger partial charge >= 0.3 is 7.12 Å². The summed E-state index contributed by atoms with van der Waals surface area (Å²) in [6, 6.07) is 11.1. The number of hydrogen-bond donors (Lipinski definition) is 2. The fourth-order valence-electron chi connectivity index (χ4n) is 1.30. The SMILES string of the molecule is Cc1cccc(B(O)O)c1.Cc1cccnc1Br. The van der Waals surface area contributed by atoms with Gasteiger partial charge in [-0.1, -0.05) is 35.9 Å². The third kappa shape index (κ3) is 5.00. The van der Waals surface area contributed by atoms with E-state index in [0.29, 0.717) is 5.46 Å². The van der Waals surface area contributed by atoms with Crippen LogP contribution < -0.4 is 5.46 Å². The number of halogens is 1. The summed E-state index contributed by atoms with van der Waals surface area (Å²) < 4.78 is 0.931. The summed E-state index contributed by atoms with van der Waals surface area (Å²) in [5.41, 5.74) is 2.75. The van der Waals surface area contributed by atoms with Crippen molar-refractivity contribution in [2.24, 2.45) is 0 Å². The van der Waals surface area contributed by atoms with E-state index >= 15 is 0 Å². The average Bonchev–Trinajstić information content (AvgIpc) is 2.34. The monoisotopic (exact) mass is 307 g/mol. The van der Waals surface area contributed by atoms with Crippen LogP contribution in [-0.4, -0.2) is 22.2 Å². The van der Waals surface area contributed by atoms with Crippen molar-refractivity contribution in [3.63, 3.8) is 0 Å². The zero-order valence-corrected chi connectivity index (χ0v) is 11.9. The first-order chi connectivity index (χ1) is 8.50. The molecule has 0 amide bonds. The Labute approximate surface area is 116 Å². The maximum Gasteiger partial charge on any atom is 0.488 e. The molecule has 0 bridgehead atoms. The fourth-order valence-corrected chi connectivity index (χ4v) is 1.55. The predicted molar refractivity (Wildman–Crippen MR) is 77.7 cm³/mol. The first-order valence-corrected chi connectivity index (χ1v) is 6.30. The Balaban J connectivity index is 0.000000184. The first kappa shape index (κ1) is 14.9. The fraction of sp³-hybridized carbons (Fsp3) is 0.154. The molecule has 1 heterocycles. The molecule has 0 saturated heterocycles. The van der Waals surface area contributed by atoms with Crippen LogP contribution in [0.4, 0.5) is 0 Å². The Morgan fingerprint density at radius 1 is 1.11 bits per heavy atom. The van der Waals surface area contributed by atoms with Crippen molar-refractivity contribution in [1.82, 2.24) is 4.98 Å². The normalized spacial score (nSPS) is 9.39. The number of aryl methyl sites for hydroxylation is 2. The van der Waals surface area contributed by atoms with Crippen molar-refractivity contribution in [3.8, 4) is 0 Å². The lowest BCUT2D eigenvalue weighted by Crippen LogP contribution is -2.29. The molecule has 1 aromatic heterocycles. The minimum Gasteiger partial charge on any atom is -0.423 e. The van der Waals surface area contributed by atoms with E-state index < -0.39 is 7.12 Å².